The van der Waals surface area contributed by atoms with Crippen molar-refractivity contribution in [1.29, 1.82) is 0 Å². The van der Waals surface area contributed by atoms with Crippen molar-refractivity contribution in [1.82, 2.24) is 0 Å². The molecule has 0 saturated carbocycles. The van der Waals surface area contributed by atoms with Crippen LogP contribution < -0.4 is 4.90 Å². The van der Waals surface area contributed by atoms with Crippen LogP contribution in [0.5, 0.6) is 0 Å². The van der Waals surface area contributed by atoms with E-state index in [0.717, 1.165) is 27.8 Å². The number of anilines is 1. The molecule has 0 aliphatic carbocycles. The van der Waals surface area contributed by atoms with Gasteiger partial charge in [0.05, 0.1) is 11.4 Å². The summed E-state index contributed by atoms with van der Waals surface area (Å²) in [4.78, 5) is 16.3. The van der Waals surface area contributed by atoms with E-state index >= 15 is 0 Å². The van der Waals surface area contributed by atoms with Crippen LogP contribution in [0.3, 0.4) is 0 Å². The van der Waals surface area contributed by atoms with Crippen molar-refractivity contribution < 1.29 is 9.18 Å². The fourth-order valence-electron chi connectivity index (χ4n) is 2.18. The fourth-order valence-corrected chi connectivity index (χ4v) is 3.95. The maximum atomic E-state index is 12.9. The molecular weight excluding hydrogens is 305 g/mol. The lowest BCUT2D eigenvalue weighted by atomic mass is 10.3. The van der Waals surface area contributed by atoms with E-state index in [1.54, 1.807) is 23.9 Å². The summed E-state index contributed by atoms with van der Waals surface area (Å²) < 4.78 is 12.9. The highest BCUT2D eigenvalue weighted by atomic mass is 32.2. The summed E-state index contributed by atoms with van der Waals surface area (Å²) in [5, 5.41) is 0. The average Bonchev–Trinajstić information content (AvgIpc) is 2.53. The fraction of sp³-hybridized carbons (Fsp3) is 0.188. The number of hydrogen-bond acceptors (Lipinski definition) is 3. The third-order valence-corrected chi connectivity index (χ3v) is 5.25. The van der Waals surface area contributed by atoms with Crippen LogP contribution in [-0.4, -0.2) is 24.0 Å². The first-order chi connectivity index (χ1) is 10.2. The van der Waals surface area contributed by atoms with Gasteiger partial charge in [-0.3, -0.25) is 4.79 Å². The zero-order valence-electron chi connectivity index (χ0n) is 11.3. The Bertz CT molecular complexity index is 645. The van der Waals surface area contributed by atoms with Gasteiger partial charge in [0.1, 0.15) is 5.82 Å². The molecule has 0 atom stereocenters. The van der Waals surface area contributed by atoms with E-state index < -0.39 is 0 Å². The van der Waals surface area contributed by atoms with Gasteiger partial charge in [0.15, 0.2) is 0 Å². The number of nitrogens with zero attached hydrogens (tertiary/aromatic N) is 1. The minimum atomic E-state index is -0.257. The molecule has 0 spiro atoms. The molecule has 3 rings (SSSR count). The lowest BCUT2D eigenvalue weighted by molar-refractivity contribution is -0.116. The van der Waals surface area contributed by atoms with Crippen molar-refractivity contribution in [3.05, 3.63) is 54.3 Å². The highest BCUT2D eigenvalue weighted by molar-refractivity contribution is 8.00. The minimum Gasteiger partial charge on any atom is -0.310 e. The van der Waals surface area contributed by atoms with E-state index in [4.69, 9.17) is 0 Å². The Morgan fingerprint density at radius 3 is 2.76 bits per heavy atom. The molecule has 2 nitrogen and oxygen atoms in total. The predicted octanol–water partition coefficient (Wildman–Crippen LogP) is 4.06. The van der Waals surface area contributed by atoms with Crippen LogP contribution in [0, 0.1) is 5.82 Å². The first-order valence-electron chi connectivity index (χ1n) is 6.64. The molecule has 1 aliphatic heterocycles. The molecule has 1 aliphatic rings. The van der Waals surface area contributed by atoms with Crippen molar-refractivity contribution in [3.63, 3.8) is 0 Å². The molecule has 1 heterocycles. The van der Waals surface area contributed by atoms with Gasteiger partial charge in [-0.15, -0.1) is 23.5 Å². The smallest absolute Gasteiger partial charge is 0.237 e. The molecule has 0 unspecified atom stereocenters. The normalized spacial score (nSPS) is 13.9. The second-order valence-electron chi connectivity index (χ2n) is 4.60. The quantitative estimate of drug-likeness (QED) is 0.796. The molecule has 5 heteroatoms. The molecule has 0 N–H and O–H groups in total. The van der Waals surface area contributed by atoms with Crippen molar-refractivity contribution in [2.45, 2.75) is 9.79 Å². The minimum absolute atomic E-state index is 0.0945. The molecule has 0 saturated heterocycles. The first-order valence-corrected chi connectivity index (χ1v) is 8.62. The summed E-state index contributed by atoms with van der Waals surface area (Å²) in [5.41, 5.74) is 0.999. The van der Waals surface area contributed by atoms with Gasteiger partial charge in [0.25, 0.3) is 0 Å². The van der Waals surface area contributed by atoms with Crippen LogP contribution in [0.25, 0.3) is 0 Å². The van der Waals surface area contributed by atoms with Crippen LogP contribution in [0.15, 0.2) is 58.3 Å². The van der Waals surface area contributed by atoms with E-state index in [1.807, 2.05) is 29.2 Å². The molecule has 0 aromatic heterocycles. The number of para-hydroxylation sites is 1. The van der Waals surface area contributed by atoms with Crippen LogP contribution >= 0.6 is 23.5 Å². The van der Waals surface area contributed by atoms with Gasteiger partial charge >= 0.3 is 0 Å². The molecule has 1 amide bonds. The molecule has 108 valence electrons. The highest BCUT2D eigenvalue weighted by Gasteiger charge is 2.22. The van der Waals surface area contributed by atoms with Crippen molar-refractivity contribution in [2.75, 3.05) is 23.0 Å². The maximum Gasteiger partial charge on any atom is 0.237 e. The van der Waals surface area contributed by atoms with Crippen LogP contribution in [0.4, 0.5) is 10.1 Å². The maximum absolute atomic E-state index is 12.9. The first kappa shape index (κ1) is 14.5. The molecule has 2 aromatic rings. The predicted molar refractivity (Wildman–Crippen MR) is 86.6 cm³/mol. The third kappa shape index (κ3) is 3.41. The Labute approximate surface area is 131 Å². The van der Waals surface area contributed by atoms with Gasteiger partial charge in [0.2, 0.25) is 5.91 Å². The summed E-state index contributed by atoms with van der Waals surface area (Å²) in [6, 6.07) is 14.2. The second kappa shape index (κ2) is 6.54. The Morgan fingerprint density at radius 1 is 1.19 bits per heavy atom. The number of halogens is 1. The molecule has 0 bridgehead atoms. The molecule has 21 heavy (non-hydrogen) atoms. The van der Waals surface area contributed by atoms with E-state index in [9.17, 15) is 9.18 Å². The van der Waals surface area contributed by atoms with Gasteiger partial charge in [-0.25, -0.2) is 4.39 Å². The van der Waals surface area contributed by atoms with E-state index in [-0.39, 0.29) is 11.7 Å². The number of fused-ring (bicyclic) bond motifs is 1. The lowest BCUT2D eigenvalue weighted by Crippen LogP contribution is -2.36. The number of rotatable bonds is 3. The molecule has 2 aromatic carbocycles. The number of hydrogen-bond donors (Lipinski definition) is 0. The summed E-state index contributed by atoms with van der Waals surface area (Å²) in [6.07, 6.45) is 0. The summed E-state index contributed by atoms with van der Waals surface area (Å²) in [7, 11) is 0. The largest absolute Gasteiger partial charge is 0.310 e. The van der Waals surface area contributed by atoms with Crippen LogP contribution in [-0.2, 0) is 4.79 Å². The molecular formula is C16H14FNOS2. The zero-order chi connectivity index (χ0) is 14.7. The van der Waals surface area contributed by atoms with Crippen LogP contribution in [0.1, 0.15) is 0 Å². The standard InChI is InChI=1S/C16H14FNOS2/c17-12-5-7-13(8-6-12)21-11-16(19)18-9-10-20-15-4-2-1-3-14(15)18/h1-8H,9-11H2. The van der Waals surface area contributed by atoms with E-state index in [1.165, 1.54) is 23.9 Å². The SMILES string of the molecule is O=C(CSc1ccc(F)cc1)N1CCSc2ccccc21. The lowest BCUT2D eigenvalue weighted by Gasteiger charge is -2.28. The van der Waals surface area contributed by atoms with Crippen molar-refractivity contribution in [2.24, 2.45) is 0 Å². The summed E-state index contributed by atoms with van der Waals surface area (Å²) >= 11 is 3.22. The number of thioether (sulfide) groups is 2. The second-order valence-corrected chi connectivity index (χ2v) is 6.79. The average molecular weight is 319 g/mol. The van der Waals surface area contributed by atoms with Gasteiger partial charge in [-0.2, -0.15) is 0 Å². The number of carbonyl (C=O) groups is 1. The third-order valence-electron chi connectivity index (χ3n) is 3.21. The molecule has 0 radical (unpaired) electrons. The number of benzene rings is 2. The topological polar surface area (TPSA) is 20.3 Å². The number of amides is 1. The monoisotopic (exact) mass is 319 g/mol. The van der Waals surface area contributed by atoms with E-state index in [0.29, 0.717) is 5.75 Å². The van der Waals surface area contributed by atoms with Gasteiger partial charge in [0, 0.05) is 22.1 Å². The van der Waals surface area contributed by atoms with E-state index in [2.05, 4.69) is 0 Å². The zero-order valence-corrected chi connectivity index (χ0v) is 12.9. The Morgan fingerprint density at radius 2 is 1.95 bits per heavy atom. The molecule has 0 fully saturated rings. The van der Waals surface area contributed by atoms with Gasteiger partial charge in [-0.1, -0.05) is 12.1 Å². The Balaban J connectivity index is 1.68. The number of carbonyl (C=O) groups excluding carboxylic acids is 1. The van der Waals surface area contributed by atoms with Gasteiger partial charge < -0.3 is 4.90 Å². The summed E-state index contributed by atoms with van der Waals surface area (Å²) in [5.74, 6) is 1.12. The van der Waals surface area contributed by atoms with Gasteiger partial charge in [-0.05, 0) is 36.4 Å². The van der Waals surface area contributed by atoms with Crippen molar-refractivity contribution in [3.8, 4) is 0 Å². The van der Waals surface area contributed by atoms with Crippen LogP contribution in [0.2, 0.25) is 0 Å². The van der Waals surface area contributed by atoms with Crippen molar-refractivity contribution >= 4 is 35.1 Å². The highest BCUT2D eigenvalue weighted by Crippen LogP contribution is 2.34. The Hall–Kier alpha value is -1.46. The summed E-state index contributed by atoms with van der Waals surface area (Å²) in [6.45, 7) is 0.741. The Kier molecular flexibility index (Phi) is 4.51.